The third-order valence-corrected chi connectivity index (χ3v) is 2.44. The van der Waals surface area contributed by atoms with Crippen LogP contribution in [-0.2, 0) is 9.53 Å². The highest BCUT2D eigenvalue weighted by molar-refractivity contribution is 5.97. The standard InChI is InChI=1S/C14H17NO3/c1-3-10-15-12-6-4-11(5-7-12)13(16)8-9-14(17)18-2/h3-7,15H,1,8-10H2,2H3. The van der Waals surface area contributed by atoms with Gasteiger partial charge in [0.1, 0.15) is 0 Å². The summed E-state index contributed by atoms with van der Waals surface area (Å²) in [6.07, 6.45) is 2.05. The van der Waals surface area contributed by atoms with Crippen LogP contribution in [-0.4, -0.2) is 25.4 Å². The quantitative estimate of drug-likeness (QED) is 0.457. The van der Waals surface area contributed by atoms with E-state index in [4.69, 9.17) is 0 Å². The zero-order valence-corrected chi connectivity index (χ0v) is 10.4. The van der Waals surface area contributed by atoms with Crippen molar-refractivity contribution in [3.8, 4) is 0 Å². The topological polar surface area (TPSA) is 55.4 Å². The first kappa shape index (κ1) is 14.0. The van der Waals surface area contributed by atoms with Gasteiger partial charge in [0.2, 0.25) is 0 Å². The van der Waals surface area contributed by atoms with Crippen LogP contribution in [0.15, 0.2) is 36.9 Å². The minimum Gasteiger partial charge on any atom is -0.469 e. The molecule has 0 amide bonds. The smallest absolute Gasteiger partial charge is 0.305 e. The molecule has 1 aromatic rings. The van der Waals surface area contributed by atoms with Crippen LogP contribution in [0.4, 0.5) is 5.69 Å². The van der Waals surface area contributed by atoms with Crippen LogP contribution < -0.4 is 5.32 Å². The summed E-state index contributed by atoms with van der Waals surface area (Å²) in [6.45, 7) is 4.29. The van der Waals surface area contributed by atoms with E-state index in [1.54, 1.807) is 18.2 Å². The second-order valence-corrected chi connectivity index (χ2v) is 3.75. The second kappa shape index (κ2) is 7.27. The van der Waals surface area contributed by atoms with E-state index in [2.05, 4.69) is 16.6 Å². The Balaban J connectivity index is 2.53. The fourth-order valence-corrected chi connectivity index (χ4v) is 1.43. The minimum absolute atomic E-state index is 0.0596. The van der Waals surface area contributed by atoms with E-state index in [1.807, 2.05) is 12.1 Å². The number of hydrogen-bond donors (Lipinski definition) is 1. The van der Waals surface area contributed by atoms with E-state index < -0.39 is 0 Å². The number of esters is 1. The lowest BCUT2D eigenvalue weighted by molar-refractivity contribution is -0.140. The molecule has 4 nitrogen and oxygen atoms in total. The van der Waals surface area contributed by atoms with Crippen molar-refractivity contribution in [2.24, 2.45) is 0 Å². The van der Waals surface area contributed by atoms with Gasteiger partial charge < -0.3 is 10.1 Å². The summed E-state index contributed by atoms with van der Waals surface area (Å²) in [7, 11) is 1.31. The van der Waals surface area contributed by atoms with E-state index in [0.29, 0.717) is 12.1 Å². The Morgan fingerprint density at radius 1 is 1.28 bits per heavy atom. The van der Waals surface area contributed by atoms with E-state index in [1.165, 1.54) is 7.11 Å². The van der Waals surface area contributed by atoms with Gasteiger partial charge >= 0.3 is 5.97 Å². The van der Waals surface area contributed by atoms with Crippen LogP contribution in [0.2, 0.25) is 0 Å². The van der Waals surface area contributed by atoms with Crippen molar-refractivity contribution in [1.29, 1.82) is 0 Å². The SMILES string of the molecule is C=CCNc1ccc(C(=O)CCC(=O)OC)cc1. The summed E-state index contributed by atoms with van der Waals surface area (Å²) in [5.41, 5.74) is 1.53. The number of nitrogens with one attached hydrogen (secondary N) is 1. The fourth-order valence-electron chi connectivity index (χ4n) is 1.43. The summed E-state index contributed by atoms with van der Waals surface area (Å²) in [5.74, 6) is -0.428. The summed E-state index contributed by atoms with van der Waals surface area (Å²) < 4.78 is 4.49. The fraction of sp³-hybridized carbons (Fsp3) is 0.286. The van der Waals surface area contributed by atoms with Crippen molar-refractivity contribution >= 4 is 17.4 Å². The van der Waals surface area contributed by atoms with E-state index in [9.17, 15) is 9.59 Å². The Labute approximate surface area is 107 Å². The molecule has 1 aromatic carbocycles. The monoisotopic (exact) mass is 247 g/mol. The molecule has 0 heterocycles. The van der Waals surface area contributed by atoms with Crippen LogP contribution in [0.3, 0.4) is 0 Å². The number of Topliss-reactive ketones (excluding diaryl/α,β-unsaturated/α-hetero) is 1. The van der Waals surface area contributed by atoms with Crippen molar-refractivity contribution in [1.82, 2.24) is 0 Å². The van der Waals surface area contributed by atoms with Gasteiger partial charge in [0.05, 0.1) is 13.5 Å². The average molecular weight is 247 g/mol. The maximum Gasteiger partial charge on any atom is 0.305 e. The van der Waals surface area contributed by atoms with Crippen molar-refractivity contribution < 1.29 is 14.3 Å². The molecular formula is C14H17NO3. The van der Waals surface area contributed by atoms with Gasteiger partial charge in [-0.3, -0.25) is 9.59 Å². The zero-order chi connectivity index (χ0) is 13.4. The summed E-state index contributed by atoms with van der Waals surface area (Å²) in [5, 5.41) is 3.12. The van der Waals surface area contributed by atoms with Gasteiger partial charge in [0.25, 0.3) is 0 Å². The van der Waals surface area contributed by atoms with Crippen LogP contribution in [0, 0.1) is 0 Å². The summed E-state index contributed by atoms with van der Waals surface area (Å²) in [6, 6.07) is 7.14. The molecule has 0 aliphatic heterocycles. The molecule has 0 fully saturated rings. The maximum absolute atomic E-state index is 11.7. The lowest BCUT2D eigenvalue weighted by Gasteiger charge is -2.04. The van der Waals surface area contributed by atoms with Gasteiger partial charge in [-0.25, -0.2) is 0 Å². The van der Waals surface area contributed by atoms with E-state index in [0.717, 1.165) is 5.69 Å². The highest BCUT2D eigenvalue weighted by atomic mass is 16.5. The van der Waals surface area contributed by atoms with Gasteiger partial charge in [0, 0.05) is 24.2 Å². The highest BCUT2D eigenvalue weighted by Crippen LogP contribution is 2.12. The van der Waals surface area contributed by atoms with Gasteiger partial charge in [-0.2, -0.15) is 0 Å². The van der Waals surface area contributed by atoms with Gasteiger partial charge in [-0.15, -0.1) is 6.58 Å². The molecule has 4 heteroatoms. The largest absolute Gasteiger partial charge is 0.469 e. The van der Waals surface area contributed by atoms with Crippen LogP contribution in [0.25, 0.3) is 0 Å². The average Bonchev–Trinajstić information content (AvgIpc) is 2.42. The Morgan fingerprint density at radius 2 is 1.94 bits per heavy atom. The highest BCUT2D eigenvalue weighted by Gasteiger charge is 2.09. The third kappa shape index (κ3) is 4.41. The van der Waals surface area contributed by atoms with Crippen LogP contribution in [0.5, 0.6) is 0 Å². The lowest BCUT2D eigenvalue weighted by Crippen LogP contribution is -2.06. The molecule has 96 valence electrons. The van der Waals surface area contributed by atoms with Crippen molar-refractivity contribution in [3.05, 3.63) is 42.5 Å². The summed E-state index contributed by atoms with van der Waals surface area (Å²) >= 11 is 0. The molecule has 0 radical (unpaired) electrons. The minimum atomic E-state index is -0.368. The predicted molar refractivity (Wildman–Crippen MR) is 70.7 cm³/mol. The van der Waals surface area contributed by atoms with Gasteiger partial charge in [0.15, 0.2) is 5.78 Å². The van der Waals surface area contributed by atoms with Gasteiger partial charge in [-0.05, 0) is 24.3 Å². The first-order valence-corrected chi connectivity index (χ1v) is 5.72. The molecule has 0 bridgehead atoms. The number of anilines is 1. The van der Waals surface area contributed by atoms with Crippen molar-refractivity contribution in [2.45, 2.75) is 12.8 Å². The Morgan fingerprint density at radius 3 is 2.50 bits per heavy atom. The van der Waals surface area contributed by atoms with Crippen LogP contribution >= 0.6 is 0 Å². The van der Waals surface area contributed by atoms with E-state index in [-0.39, 0.29) is 24.6 Å². The molecule has 1 N–H and O–H groups in total. The van der Waals surface area contributed by atoms with E-state index >= 15 is 0 Å². The molecule has 1 rings (SSSR count). The molecule has 0 aromatic heterocycles. The van der Waals surface area contributed by atoms with Gasteiger partial charge in [-0.1, -0.05) is 6.08 Å². The number of methoxy groups -OCH3 is 1. The number of benzene rings is 1. The first-order valence-electron chi connectivity index (χ1n) is 5.72. The van der Waals surface area contributed by atoms with Crippen molar-refractivity contribution in [2.75, 3.05) is 19.0 Å². The molecule has 0 spiro atoms. The normalized spacial score (nSPS) is 9.61. The number of carbonyl (C=O) groups excluding carboxylic acids is 2. The molecule has 0 atom stereocenters. The first-order chi connectivity index (χ1) is 8.67. The number of ketones is 1. The molecule has 0 aliphatic carbocycles. The predicted octanol–water partition coefficient (Wildman–Crippen LogP) is 2.42. The molecular weight excluding hydrogens is 230 g/mol. The Bertz CT molecular complexity index is 423. The Kier molecular flexibility index (Phi) is 5.64. The zero-order valence-electron chi connectivity index (χ0n) is 10.4. The number of rotatable bonds is 7. The molecule has 0 saturated carbocycles. The lowest BCUT2D eigenvalue weighted by atomic mass is 10.1. The maximum atomic E-state index is 11.7. The number of hydrogen-bond acceptors (Lipinski definition) is 4. The summed E-state index contributed by atoms with van der Waals surface area (Å²) in [4.78, 5) is 22.7. The second-order valence-electron chi connectivity index (χ2n) is 3.75. The van der Waals surface area contributed by atoms with Crippen molar-refractivity contribution in [3.63, 3.8) is 0 Å². The molecule has 0 saturated heterocycles. The molecule has 0 unspecified atom stereocenters. The number of carbonyl (C=O) groups is 2. The molecule has 0 aliphatic rings. The van der Waals surface area contributed by atoms with Crippen LogP contribution in [0.1, 0.15) is 23.2 Å². The third-order valence-electron chi connectivity index (χ3n) is 2.44. The molecule has 18 heavy (non-hydrogen) atoms. The Hall–Kier alpha value is -2.10. The number of ether oxygens (including phenoxy) is 1.